The fourth-order valence-corrected chi connectivity index (χ4v) is 9.23. The number of benzene rings is 9. The molecule has 0 fully saturated rings. The van der Waals surface area contributed by atoms with Crippen molar-refractivity contribution in [3.05, 3.63) is 200 Å². The molecule has 0 spiro atoms. The summed E-state index contributed by atoms with van der Waals surface area (Å²) in [6.07, 6.45) is 0. The summed E-state index contributed by atoms with van der Waals surface area (Å²) in [7, 11) is 0. The van der Waals surface area contributed by atoms with Crippen LogP contribution in [0, 0.1) is 0 Å². The summed E-state index contributed by atoms with van der Waals surface area (Å²) < 4.78 is 19.4. The molecule has 6 heteroatoms. The molecule has 13 rings (SSSR count). The highest BCUT2D eigenvalue weighted by atomic mass is 16.3. The molecule has 0 unspecified atom stereocenters. The molecule has 13 aromatic rings. The van der Waals surface area contributed by atoms with Crippen LogP contribution in [0.3, 0.4) is 0 Å². The monoisotopic (exact) mass is 807 g/mol. The van der Waals surface area contributed by atoms with E-state index in [0.717, 1.165) is 116 Å². The highest BCUT2D eigenvalue weighted by Gasteiger charge is 2.20. The lowest BCUT2D eigenvalue weighted by atomic mass is 9.91. The first-order valence-corrected chi connectivity index (χ1v) is 21.0. The fourth-order valence-electron chi connectivity index (χ4n) is 9.23. The quantitative estimate of drug-likeness (QED) is 0.166. The van der Waals surface area contributed by atoms with Crippen LogP contribution in [0.4, 0.5) is 0 Å². The van der Waals surface area contributed by atoms with Crippen LogP contribution in [0.15, 0.2) is 213 Å². The molecule has 9 aromatic carbocycles. The zero-order valence-electron chi connectivity index (χ0n) is 33.6. The van der Waals surface area contributed by atoms with E-state index in [-0.39, 0.29) is 0 Å². The Morgan fingerprint density at radius 3 is 1.37 bits per heavy atom. The van der Waals surface area contributed by atoms with Crippen molar-refractivity contribution in [3.8, 4) is 67.5 Å². The van der Waals surface area contributed by atoms with Gasteiger partial charge in [-0.2, -0.15) is 0 Å². The van der Waals surface area contributed by atoms with Gasteiger partial charge in [0.25, 0.3) is 0 Å². The first kappa shape index (κ1) is 35.2. The molecule has 0 saturated heterocycles. The van der Waals surface area contributed by atoms with E-state index in [2.05, 4.69) is 121 Å². The minimum Gasteiger partial charge on any atom is -0.456 e. The van der Waals surface area contributed by atoms with Gasteiger partial charge in [-0.05, 0) is 88.0 Å². The normalized spacial score (nSPS) is 11.8. The van der Waals surface area contributed by atoms with Gasteiger partial charge >= 0.3 is 0 Å². The summed E-state index contributed by atoms with van der Waals surface area (Å²) in [4.78, 5) is 15.2. The number of hydrogen-bond acceptors (Lipinski definition) is 6. The third-order valence-corrected chi connectivity index (χ3v) is 12.2. The number of para-hydroxylation sites is 1. The molecule has 0 amide bonds. The summed E-state index contributed by atoms with van der Waals surface area (Å²) in [6.45, 7) is 0. The number of aromatic nitrogens is 3. The van der Waals surface area contributed by atoms with Crippen molar-refractivity contribution in [1.29, 1.82) is 0 Å². The van der Waals surface area contributed by atoms with Gasteiger partial charge in [0.05, 0.1) is 0 Å². The van der Waals surface area contributed by atoms with Crippen LogP contribution in [0.5, 0.6) is 0 Å². The molecule has 294 valence electrons. The van der Waals surface area contributed by atoms with E-state index >= 15 is 0 Å². The highest BCUT2D eigenvalue weighted by molar-refractivity contribution is 6.15. The molecule has 0 bridgehead atoms. The van der Waals surface area contributed by atoms with Crippen molar-refractivity contribution in [2.75, 3.05) is 0 Å². The maximum absolute atomic E-state index is 6.69. The molecule has 4 aromatic heterocycles. The lowest BCUT2D eigenvalue weighted by Crippen LogP contribution is -2.00. The van der Waals surface area contributed by atoms with Gasteiger partial charge < -0.3 is 13.3 Å². The topological polar surface area (TPSA) is 78.1 Å². The van der Waals surface area contributed by atoms with E-state index in [4.69, 9.17) is 28.2 Å². The lowest BCUT2D eigenvalue weighted by molar-refractivity contribution is 0.668. The first-order chi connectivity index (χ1) is 31.2. The van der Waals surface area contributed by atoms with Gasteiger partial charge in [-0.3, -0.25) is 0 Å². The van der Waals surface area contributed by atoms with Crippen LogP contribution in [-0.2, 0) is 0 Å². The van der Waals surface area contributed by atoms with Crippen molar-refractivity contribution < 1.29 is 13.3 Å². The van der Waals surface area contributed by atoms with Gasteiger partial charge in [0, 0.05) is 49.0 Å². The number of furan rings is 3. The maximum atomic E-state index is 6.69. The standard InChI is InChI=1S/C57H33N3O3/c1-3-13-34(14-4-1)40-20-11-23-48-53(40)46-30-27-38(33-52(46)62-48)57-59-55(35-15-5-2-6-16-35)58-56(60-57)37-26-29-43-42-28-25-36(31-50(42)63-51(43)32-37)39-17-7-8-18-41(39)44-21-12-24-49-54(44)45-19-9-10-22-47(45)61-49/h1-33H. The Kier molecular flexibility index (Phi) is 7.80. The van der Waals surface area contributed by atoms with Gasteiger partial charge in [0.1, 0.15) is 33.5 Å². The zero-order valence-corrected chi connectivity index (χ0v) is 33.6. The van der Waals surface area contributed by atoms with E-state index in [1.165, 1.54) is 0 Å². The summed E-state index contributed by atoms with van der Waals surface area (Å²) in [6, 6.07) is 68.6. The Morgan fingerprint density at radius 2 is 0.667 bits per heavy atom. The number of fused-ring (bicyclic) bond motifs is 9. The molecular formula is C57H33N3O3. The largest absolute Gasteiger partial charge is 0.456 e. The van der Waals surface area contributed by atoms with Crippen LogP contribution < -0.4 is 0 Å². The van der Waals surface area contributed by atoms with Crippen molar-refractivity contribution in [1.82, 2.24) is 15.0 Å². The summed E-state index contributed by atoms with van der Waals surface area (Å²) in [5.41, 5.74) is 14.2. The predicted molar refractivity (Wildman–Crippen MR) is 254 cm³/mol. The second kappa shape index (κ2) is 14.0. The molecule has 0 radical (unpaired) electrons. The van der Waals surface area contributed by atoms with Crippen LogP contribution in [0.25, 0.3) is 133 Å². The Labute approximate surface area is 360 Å². The van der Waals surface area contributed by atoms with Gasteiger partial charge in [-0.25, -0.2) is 15.0 Å². The second-order valence-corrected chi connectivity index (χ2v) is 15.9. The number of rotatable bonds is 6. The molecule has 0 atom stereocenters. The van der Waals surface area contributed by atoms with Gasteiger partial charge in [0.2, 0.25) is 0 Å². The molecule has 0 saturated carbocycles. The van der Waals surface area contributed by atoms with Gasteiger partial charge in [-0.15, -0.1) is 0 Å². The van der Waals surface area contributed by atoms with E-state index in [0.29, 0.717) is 17.5 Å². The summed E-state index contributed by atoms with van der Waals surface area (Å²) in [5, 5.41) is 6.40. The molecule has 0 aliphatic heterocycles. The molecule has 63 heavy (non-hydrogen) atoms. The Morgan fingerprint density at radius 1 is 0.238 bits per heavy atom. The average Bonchev–Trinajstić information content (AvgIpc) is 4.05. The molecule has 4 heterocycles. The second-order valence-electron chi connectivity index (χ2n) is 15.9. The average molecular weight is 808 g/mol. The van der Waals surface area contributed by atoms with Crippen molar-refractivity contribution in [2.45, 2.75) is 0 Å². The van der Waals surface area contributed by atoms with E-state index in [9.17, 15) is 0 Å². The smallest absolute Gasteiger partial charge is 0.164 e. The van der Waals surface area contributed by atoms with Crippen molar-refractivity contribution in [3.63, 3.8) is 0 Å². The summed E-state index contributed by atoms with van der Waals surface area (Å²) in [5.74, 6) is 1.68. The first-order valence-electron chi connectivity index (χ1n) is 21.0. The Hall–Kier alpha value is -8.61. The number of hydrogen-bond donors (Lipinski definition) is 0. The van der Waals surface area contributed by atoms with E-state index in [1.807, 2.05) is 78.9 Å². The van der Waals surface area contributed by atoms with E-state index < -0.39 is 0 Å². The molecule has 0 aliphatic rings. The highest BCUT2D eigenvalue weighted by Crippen LogP contribution is 2.43. The number of nitrogens with zero attached hydrogens (tertiary/aromatic N) is 3. The predicted octanol–water partition coefficient (Wildman–Crippen LogP) is 15.6. The van der Waals surface area contributed by atoms with Crippen LogP contribution in [-0.4, -0.2) is 15.0 Å². The van der Waals surface area contributed by atoms with Crippen LogP contribution in [0.2, 0.25) is 0 Å². The zero-order chi connectivity index (χ0) is 41.4. The molecule has 0 aliphatic carbocycles. The van der Waals surface area contributed by atoms with E-state index in [1.54, 1.807) is 0 Å². The van der Waals surface area contributed by atoms with Crippen LogP contribution >= 0.6 is 0 Å². The van der Waals surface area contributed by atoms with Crippen molar-refractivity contribution >= 4 is 65.8 Å². The van der Waals surface area contributed by atoms with Crippen molar-refractivity contribution in [2.24, 2.45) is 0 Å². The minimum absolute atomic E-state index is 0.549. The maximum Gasteiger partial charge on any atom is 0.164 e. The molecular weight excluding hydrogens is 775 g/mol. The molecule has 0 N–H and O–H groups in total. The minimum atomic E-state index is 0.549. The lowest BCUT2D eigenvalue weighted by Gasteiger charge is -2.11. The fraction of sp³-hybridized carbons (Fsp3) is 0. The third kappa shape index (κ3) is 5.76. The van der Waals surface area contributed by atoms with Gasteiger partial charge in [-0.1, -0.05) is 146 Å². The van der Waals surface area contributed by atoms with Gasteiger partial charge in [0.15, 0.2) is 17.5 Å². The molecule has 6 nitrogen and oxygen atoms in total. The third-order valence-electron chi connectivity index (χ3n) is 12.2. The summed E-state index contributed by atoms with van der Waals surface area (Å²) >= 11 is 0. The Bertz CT molecular complexity index is 3920. The SMILES string of the molecule is c1ccc(-c2nc(-c3ccc4c(c3)oc3cc(-c5ccccc5-c5cccc6oc7ccccc7c56)ccc34)nc(-c3ccc4c(c3)oc3cccc(-c5ccccc5)c34)n2)cc1. The Balaban J connectivity index is 0.912. The van der Waals surface area contributed by atoms with Crippen LogP contribution in [0.1, 0.15) is 0 Å².